The van der Waals surface area contributed by atoms with Crippen molar-refractivity contribution in [2.45, 2.75) is 18.6 Å². The van der Waals surface area contributed by atoms with Crippen molar-refractivity contribution in [3.8, 4) is 0 Å². The summed E-state index contributed by atoms with van der Waals surface area (Å²) in [5, 5.41) is 14.0. The van der Waals surface area contributed by atoms with E-state index in [0.29, 0.717) is 12.2 Å². The third kappa shape index (κ3) is 1.73. The Morgan fingerprint density at radius 1 is 1.64 bits per heavy atom. The van der Waals surface area contributed by atoms with E-state index in [-0.39, 0.29) is 12.1 Å². The number of rotatable bonds is 1. The minimum atomic E-state index is -0.354. The Kier molecular flexibility index (Phi) is 2.43. The molecule has 1 saturated heterocycles. The van der Waals surface area contributed by atoms with E-state index in [2.05, 4.69) is 10.00 Å². The number of nitrogens with two attached hydrogens (primary N) is 1. The number of nitrogen functional groups attached to an aromatic ring is 1. The van der Waals surface area contributed by atoms with E-state index >= 15 is 0 Å². The fourth-order valence-corrected chi connectivity index (χ4v) is 1.92. The summed E-state index contributed by atoms with van der Waals surface area (Å²) in [4.78, 5) is 2.12. The summed E-state index contributed by atoms with van der Waals surface area (Å²) in [6, 6.07) is 0.0727. The summed E-state index contributed by atoms with van der Waals surface area (Å²) >= 11 is 0. The van der Waals surface area contributed by atoms with Crippen LogP contribution in [0.1, 0.15) is 12.5 Å². The van der Waals surface area contributed by atoms with E-state index in [4.69, 9.17) is 5.73 Å². The topological polar surface area (TPSA) is 67.3 Å². The minimum absolute atomic E-state index is 0.0727. The molecule has 1 aliphatic heterocycles. The Labute approximate surface area is 83.1 Å². The summed E-state index contributed by atoms with van der Waals surface area (Å²) in [5.74, 6) is 0. The molecule has 0 saturated carbocycles. The van der Waals surface area contributed by atoms with Crippen molar-refractivity contribution in [3.63, 3.8) is 0 Å². The van der Waals surface area contributed by atoms with Crippen LogP contribution in [0.3, 0.4) is 0 Å². The van der Waals surface area contributed by atoms with Crippen molar-refractivity contribution < 1.29 is 5.11 Å². The van der Waals surface area contributed by atoms with E-state index < -0.39 is 0 Å². The molecule has 5 heteroatoms. The maximum Gasteiger partial charge on any atom is 0.0891 e. The van der Waals surface area contributed by atoms with Crippen LogP contribution >= 0.6 is 0 Å². The highest BCUT2D eigenvalue weighted by molar-refractivity contribution is 5.30. The van der Waals surface area contributed by atoms with Gasteiger partial charge in [0, 0.05) is 19.3 Å². The van der Waals surface area contributed by atoms with Gasteiger partial charge < -0.3 is 15.7 Å². The molecule has 0 spiro atoms. The van der Waals surface area contributed by atoms with E-state index in [1.807, 2.05) is 7.05 Å². The average Bonchev–Trinajstić information content (AvgIpc) is 2.51. The monoisotopic (exact) mass is 196 g/mol. The van der Waals surface area contributed by atoms with Crippen LogP contribution in [0.15, 0.2) is 12.4 Å². The highest BCUT2D eigenvalue weighted by atomic mass is 16.3. The van der Waals surface area contributed by atoms with E-state index in [0.717, 1.165) is 13.0 Å². The second kappa shape index (κ2) is 3.59. The zero-order valence-electron chi connectivity index (χ0n) is 8.30. The lowest BCUT2D eigenvalue weighted by Crippen LogP contribution is -2.42. The molecular weight excluding hydrogens is 180 g/mol. The lowest BCUT2D eigenvalue weighted by Gasteiger charge is -2.33. The maximum atomic E-state index is 9.86. The second-order valence-electron chi connectivity index (χ2n) is 3.94. The van der Waals surface area contributed by atoms with Gasteiger partial charge in [-0.3, -0.25) is 4.68 Å². The summed E-state index contributed by atoms with van der Waals surface area (Å²) in [6.07, 6.45) is 3.95. The average molecular weight is 196 g/mol. The maximum absolute atomic E-state index is 9.86. The van der Waals surface area contributed by atoms with Crippen LogP contribution in [0.2, 0.25) is 0 Å². The number of aliphatic hydroxyl groups is 1. The first-order chi connectivity index (χ1) is 6.66. The van der Waals surface area contributed by atoms with Gasteiger partial charge >= 0.3 is 0 Å². The summed E-state index contributed by atoms with van der Waals surface area (Å²) in [6.45, 7) is 1.69. The molecule has 1 aromatic rings. The van der Waals surface area contributed by atoms with Gasteiger partial charge in [0.25, 0.3) is 0 Å². The molecule has 0 aliphatic carbocycles. The van der Waals surface area contributed by atoms with Gasteiger partial charge in [-0.2, -0.15) is 5.10 Å². The Hall–Kier alpha value is -1.07. The molecule has 0 bridgehead atoms. The lowest BCUT2D eigenvalue weighted by atomic mass is 10.0. The number of nitrogens with zero attached hydrogens (tertiary/aromatic N) is 3. The third-order valence-electron chi connectivity index (χ3n) is 2.71. The number of β-amino-alcohol motifs (C(OH)–C–C–N with tert-alkyl or cyclic N) is 1. The van der Waals surface area contributed by atoms with E-state index in [9.17, 15) is 5.11 Å². The molecule has 2 unspecified atom stereocenters. The van der Waals surface area contributed by atoms with Gasteiger partial charge in [-0.05, 0) is 13.5 Å². The van der Waals surface area contributed by atoms with Crippen LogP contribution in [-0.4, -0.2) is 46.0 Å². The van der Waals surface area contributed by atoms with Gasteiger partial charge in [0.1, 0.15) is 0 Å². The highest BCUT2D eigenvalue weighted by Gasteiger charge is 2.27. The normalized spacial score (nSPS) is 29.3. The molecule has 1 aliphatic rings. The number of anilines is 1. The SMILES string of the molecule is CN1CCC(n2cc(N)cn2)C(O)C1. The molecule has 14 heavy (non-hydrogen) atoms. The van der Waals surface area contributed by atoms with Crippen molar-refractivity contribution in [1.82, 2.24) is 14.7 Å². The number of hydrogen-bond donors (Lipinski definition) is 2. The molecule has 5 nitrogen and oxygen atoms in total. The number of piperidine rings is 1. The van der Waals surface area contributed by atoms with Crippen molar-refractivity contribution >= 4 is 5.69 Å². The molecule has 3 N–H and O–H groups in total. The summed E-state index contributed by atoms with van der Waals surface area (Å²) in [7, 11) is 2.01. The lowest BCUT2D eigenvalue weighted by molar-refractivity contribution is 0.0332. The number of likely N-dealkylation sites (N-methyl/N-ethyl adjacent to an activating group) is 1. The number of hydrogen-bond acceptors (Lipinski definition) is 4. The third-order valence-corrected chi connectivity index (χ3v) is 2.71. The van der Waals surface area contributed by atoms with Crippen LogP contribution in [0.5, 0.6) is 0 Å². The molecule has 78 valence electrons. The summed E-state index contributed by atoms with van der Waals surface area (Å²) < 4.78 is 1.77. The number of aliphatic hydroxyl groups excluding tert-OH is 1. The molecule has 0 amide bonds. The second-order valence-corrected chi connectivity index (χ2v) is 3.94. The van der Waals surface area contributed by atoms with Gasteiger partial charge in [-0.15, -0.1) is 0 Å². The Morgan fingerprint density at radius 3 is 3.00 bits per heavy atom. The first-order valence-corrected chi connectivity index (χ1v) is 4.83. The van der Waals surface area contributed by atoms with Crippen molar-refractivity contribution in [2.75, 3.05) is 25.9 Å². The number of likely N-dealkylation sites (tertiary alicyclic amines) is 1. The molecule has 2 heterocycles. The van der Waals surface area contributed by atoms with Gasteiger partial charge in [0.05, 0.1) is 24.0 Å². The quantitative estimate of drug-likeness (QED) is 0.647. The van der Waals surface area contributed by atoms with Crippen LogP contribution < -0.4 is 5.73 Å². The summed E-state index contributed by atoms with van der Waals surface area (Å²) in [5.41, 5.74) is 6.23. The van der Waals surface area contributed by atoms with Gasteiger partial charge in [0.2, 0.25) is 0 Å². The van der Waals surface area contributed by atoms with Crippen molar-refractivity contribution in [1.29, 1.82) is 0 Å². The highest BCUT2D eigenvalue weighted by Crippen LogP contribution is 2.22. The van der Waals surface area contributed by atoms with Gasteiger partial charge in [0.15, 0.2) is 0 Å². The molecule has 0 radical (unpaired) electrons. The molecular formula is C9H16N4O. The van der Waals surface area contributed by atoms with E-state index in [1.54, 1.807) is 17.1 Å². The van der Waals surface area contributed by atoms with Crippen LogP contribution in [0.4, 0.5) is 5.69 Å². The smallest absolute Gasteiger partial charge is 0.0891 e. The Morgan fingerprint density at radius 2 is 2.43 bits per heavy atom. The molecule has 0 aromatic carbocycles. The fourth-order valence-electron chi connectivity index (χ4n) is 1.92. The Bertz CT molecular complexity index is 312. The zero-order valence-corrected chi connectivity index (χ0v) is 8.30. The van der Waals surface area contributed by atoms with Crippen LogP contribution in [-0.2, 0) is 0 Å². The largest absolute Gasteiger partial charge is 0.396 e. The standard InChI is InChI=1S/C9H16N4O/c1-12-3-2-8(9(14)6-12)13-5-7(10)4-11-13/h4-5,8-9,14H,2-3,6,10H2,1H3. The van der Waals surface area contributed by atoms with Crippen molar-refractivity contribution in [3.05, 3.63) is 12.4 Å². The molecule has 1 fully saturated rings. The van der Waals surface area contributed by atoms with Gasteiger partial charge in [-0.1, -0.05) is 0 Å². The van der Waals surface area contributed by atoms with E-state index in [1.165, 1.54) is 0 Å². The fraction of sp³-hybridized carbons (Fsp3) is 0.667. The number of aromatic nitrogens is 2. The van der Waals surface area contributed by atoms with Gasteiger partial charge in [-0.25, -0.2) is 0 Å². The Balaban J connectivity index is 2.11. The first kappa shape index (κ1) is 9.48. The van der Waals surface area contributed by atoms with Crippen molar-refractivity contribution in [2.24, 2.45) is 0 Å². The molecule has 1 aromatic heterocycles. The predicted octanol–water partition coefficient (Wildman–Crippen LogP) is -0.297. The van der Waals surface area contributed by atoms with Crippen LogP contribution in [0, 0.1) is 0 Å². The zero-order chi connectivity index (χ0) is 10.1. The molecule has 2 atom stereocenters. The molecule has 2 rings (SSSR count). The minimum Gasteiger partial charge on any atom is -0.396 e. The van der Waals surface area contributed by atoms with Crippen LogP contribution in [0.25, 0.3) is 0 Å². The predicted molar refractivity (Wildman–Crippen MR) is 53.8 cm³/mol. The first-order valence-electron chi connectivity index (χ1n) is 4.83.